The topological polar surface area (TPSA) is 61.8 Å². The van der Waals surface area contributed by atoms with Crippen molar-refractivity contribution >= 4 is 33.8 Å². The molecule has 3 rings (SSSR count). The third-order valence-electron chi connectivity index (χ3n) is 3.75. The highest BCUT2D eigenvalue weighted by atomic mass is 79.9. The van der Waals surface area contributed by atoms with Crippen LogP contribution < -0.4 is 9.47 Å². The second-order valence-corrected chi connectivity index (χ2v) is 6.62. The fraction of sp³-hybridized carbons (Fsp3) is 0.200. The summed E-state index contributed by atoms with van der Waals surface area (Å²) in [5.74, 6) is 0.511. The van der Waals surface area contributed by atoms with Crippen molar-refractivity contribution in [3.8, 4) is 11.5 Å². The summed E-state index contributed by atoms with van der Waals surface area (Å²) in [6.45, 7) is 3.64. The van der Waals surface area contributed by atoms with Gasteiger partial charge >= 0.3 is 5.97 Å². The molecule has 2 aromatic carbocycles. The minimum Gasteiger partial charge on any atom is -0.482 e. The molecule has 0 fully saturated rings. The summed E-state index contributed by atoms with van der Waals surface area (Å²) >= 11 is 3.41. The maximum Gasteiger partial charge on any atom is 0.344 e. The molecule has 0 atom stereocenters. The van der Waals surface area contributed by atoms with E-state index in [1.54, 1.807) is 32.1 Å². The molecular formula is C20H17BrO5. The number of aryl methyl sites for hydroxylation is 1. The van der Waals surface area contributed by atoms with Crippen LogP contribution in [0.5, 0.6) is 11.5 Å². The number of rotatable bonds is 5. The highest BCUT2D eigenvalue weighted by Crippen LogP contribution is 2.37. The zero-order chi connectivity index (χ0) is 18.7. The van der Waals surface area contributed by atoms with Crippen molar-refractivity contribution in [2.75, 3.05) is 13.2 Å². The number of hydrogen-bond donors (Lipinski definition) is 0. The predicted molar refractivity (Wildman–Crippen MR) is 100 cm³/mol. The van der Waals surface area contributed by atoms with Crippen molar-refractivity contribution in [3.05, 3.63) is 63.3 Å². The van der Waals surface area contributed by atoms with Crippen molar-refractivity contribution in [2.24, 2.45) is 0 Å². The molecular weight excluding hydrogens is 400 g/mol. The van der Waals surface area contributed by atoms with Crippen LogP contribution in [0.4, 0.5) is 0 Å². The number of carbonyl (C=O) groups excluding carboxylic acids is 2. The molecule has 0 radical (unpaired) electrons. The summed E-state index contributed by atoms with van der Waals surface area (Å²) in [4.78, 5) is 24.1. The van der Waals surface area contributed by atoms with Crippen LogP contribution >= 0.6 is 15.9 Å². The molecule has 5 nitrogen and oxygen atoms in total. The number of halogens is 1. The Morgan fingerprint density at radius 1 is 1.27 bits per heavy atom. The largest absolute Gasteiger partial charge is 0.482 e. The van der Waals surface area contributed by atoms with Crippen LogP contribution in [0.2, 0.25) is 0 Å². The molecule has 0 spiro atoms. The van der Waals surface area contributed by atoms with Gasteiger partial charge in [-0.1, -0.05) is 28.1 Å². The number of ether oxygens (including phenoxy) is 3. The Morgan fingerprint density at radius 3 is 2.81 bits per heavy atom. The summed E-state index contributed by atoms with van der Waals surface area (Å²) in [7, 11) is 0. The summed E-state index contributed by atoms with van der Waals surface area (Å²) in [6.07, 6.45) is 1.70. The molecule has 0 saturated heterocycles. The van der Waals surface area contributed by atoms with Gasteiger partial charge in [0.15, 0.2) is 12.4 Å². The van der Waals surface area contributed by atoms with Gasteiger partial charge in [0.2, 0.25) is 5.78 Å². The molecule has 0 N–H and O–H groups in total. The van der Waals surface area contributed by atoms with Gasteiger partial charge in [-0.25, -0.2) is 4.79 Å². The molecule has 0 aromatic heterocycles. The molecule has 0 bridgehead atoms. The zero-order valence-electron chi connectivity index (χ0n) is 14.4. The average molecular weight is 417 g/mol. The Morgan fingerprint density at radius 2 is 2.08 bits per heavy atom. The van der Waals surface area contributed by atoms with E-state index in [1.165, 1.54) is 0 Å². The van der Waals surface area contributed by atoms with Crippen LogP contribution in [0.25, 0.3) is 6.08 Å². The van der Waals surface area contributed by atoms with Gasteiger partial charge in [0.25, 0.3) is 0 Å². The number of esters is 1. The highest BCUT2D eigenvalue weighted by Gasteiger charge is 2.30. The van der Waals surface area contributed by atoms with Gasteiger partial charge in [0.05, 0.1) is 12.2 Å². The third-order valence-corrected chi connectivity index (χ3v) is 4.25. The minimum atomic E-state index is -0.446. The first-order chi connectivity index (χ1) is 12.5. The maximum atomic E-state index is 12.6. The van der Waals surface area contributed by atoms with E-state index in [-0.39, 0.29) is 18.1 Å². The van der Waals surface area contributed by atoms with Crippen molar-refractivity contribution in [3.63, 3.8) is 0 Å². The van der Waals surface area contributed by atoms with Crippen LogP contribution in [0.3, 0.4) is 0 Å². The number of allylic oxidation sites excluding steroid dienone is 1. The van der Waals surface area contributed by atoms with E-state index in [9.17, 15) is 9.59 Å². The Kier molecular flexibility index (Phi) is 5.42. The lowest BCUT2D eigenvalue weighted by molar-refractivity contribution is -0.145. The van der Waals surface area contributed by atoms with Crippen molar-refractivity contribution in [2.45, 2.75) is 13.8 Å². The minimum absolute atomic E-state index is 0.172. The van der Waals surface area contributed by atoms with E-state index >= 15 is 0 Å². The Balaban J connectivity index is 1.83. The second kappa shape index (κ2) is 7.74. The van der Waals surface area contributed by atoms with Crippen LogP contribution in [0.1, 0.15) is 28.4 Å². The zero-order valence-corrected chi connectivity index (χ0v) is 16.0. The Bertz CT molecular complexity index is 901. The molecule has 1 aliphatic heterocycles. The van der Waals surface area contributed by atoms with Gasteiger partial charge in [-0.2, -0.15) is 0 Å². The number of fused-ring (bicyclic) bond motifs is 1. The quantitative estimate of drug-likeness (QED) is 0.536. The van der Waals surface area contributed by atoms with Crippen molar-refractivity contribution < 1.29 is 23.8 Å². The van der Waals surface area contributed by atoms with Gasteiger partial charge in [0.1, 0.15) is 11.5 Å². The van der Waals surface area contributed by atoms with E-state index in [1.807, 2.05) is 24.3 Å². The SMILES string of the molecule is CCOC(=O)COc1cc(C)c2c(c1)O/C(=C\c1cccc(Br)c1)C2=O. The average Bonchev–Trinajstić information content (AvgIpc) is 2.89. The molecule has 0 unspecified atom stereocenters. The molecule has 0 aliphatic carbocycles. The summed E-state index contributed by atoms with van der Waals surface area (Å²) in [6, 6.07) is 10.9. The second-order valence-electron chi connectivity index (χ2n) is 5.70. The van der Waals surface area contributed by atoms with E-state index in [4.69, 9.17) is 14.2 Å². The first-order valence-electron chi connectivity index (χ1n) is 8.11. The van der Waals surface area contributed by atoms with Crippen molar-refractivity contribution in [1.29, 1.82) is 0 Å². The maximum absolute atomic E-state index is 12.6. The first kappa shape index (κ1) is 18.2. The molecule has 1 heterocycles. The van der Waals surface area contributed by atoms with Crippen LogP contribution in [-0.2, 0) is 9.53 Å². The number of Topliss-reactive ketones (excluding diaryl/α,β-unsaturated/α-hetero) is 1. The fourth-order valence-corrected chi connectivity index (χ4v) is 3.07. The summed E-state index contributed by atoms with van der Waals surface area (Å²) in [5, 5.41) is 0. The number of ketones is 1. The number of carbonyl (C=O) groups is 2. The lowest BCUT2D eigenvalue weighted by Gasteiger charge is -2.08. The molecule has 1 aliphatic rings. The summed E-state index contributed by atoms with van der Waals surface area (Å²) < 4.78 is 16.9. The Labute approximate surface area is 159 Å². The number of hydrogen-bond acceptors (Lipinski definition) is 5. The van der Waals surface area contributed by atoms with Crippen molar-refractivity contribution in [1.82, 2.24) is 0 Å². The molecule has 0 saturated carbocycles. The molecule has 26 heavy (non-hydrogen) atoms. The molecule has 6 heteroatoms. The summed E-state index contributed by atoms with van der Waals surface area (Å²) in [5.41, 5.74) is 2.09. The Hall–Kier alpha value is -2.60. The normalized spacial score (nSPS) is 14.1. The van der Waals surface area contributed by atoms with E-state index in [0.29, 0.717) is 23.7 Å². The smallest absolute Gasteiger partial charge is 0.344 e. The van der Waals surface area contributed by atoms with Gasteiger partial charge in [0, 0.05) is 10.5 Å². The first-order valence-corrected chi connectivity index (χ1v) is 8.90. The van der Waals surface area contributed by atoms with E-state index in [0.717, 1.165) is 15.6 Å². The lowest BCUT2D eigenvalue weighted by atomic mass is 10.0. The standard InChI is InChI=1S/C20H17BrO5/c1-3-24-18(22)11-25-15-7-12(2)19-16(10-15)26-17(20(19)23)9-13-5-4-6-14(21)8-13/h4-10H,3,11H2,1-2H3/b17-9-. The van der Waals surface area contributed by atoms with Gasteiger partial charge < -0.3 is 14.2 Å². The molecule has 0 amide bonds. The van der Waals surface area contributed by atoms with E-state index in [2.05, 4.69) is 15.9 Å². The van der Waals surface area contributed by atoms with Gasteiger partial charge in [-0.15, -0.1) is 0 Å². The monoisotopic (exact) mass is 416 g/mol. The molecule has 134 valence electrons. The third kappa shape index (κ3) is 3.96. The van der Waals surface area contributed by atoms with Gasteiger partial charge in [-0.3, -0.25) is 4.79 Å². The fourth-order valence-electron chi connectivity index (χ4n) is 2.65. The molecule has 2 aromatic rings. The van der Waals surface area contributed by atoms with Crippen LogP contribution in [0.15, 0.2) is 46.6 Å². The van der Waals surface area contributed by atoms with Crippen LogP contribution in [0, 0.1) is 6.92 Å². The highest BCUT2D eigenvalue weighted by molar-refractivity contribution is 9.10. The van der Waals surface area contributed by atoms with Crippen LogP contribution in [-0.4, -0.2) is 25.0 Å². The predicted octanol–water partition coefficient (Wildman–Crippen LogP) is 4.32. The van der Waals surface area contributed by atoms with E-state index < -0.39 is 5.97 Å². The lowest BCUT2D eigenvalue weighted by Crippen LogP contribution is -2.14. The number of benzene rings is 2. The van der Waals surface area contributed by atoms with Gasteiger partial charge in [-0.05, 0) is 49.2 Å².